The first kappa shape index (κ1) is 21.4. The molecule has 0 fully saturated rings. The van der Waals surface area contributed by atoms with Crippen LogP contribution >= 0.6 is 0 Å². The van der Waals surface area contributed by atoms with E-state index in [1.165, 1.54) is 4.80 Å². The van der Waals surface area contributed by atoms with Crippen molar-refractivity contribution >= 4 is 11.4 Å². The van der Waals surface area contributed by atoms with Gasteiger partial charge >= 0.3 is 0 Å². The van der Waals surface area contributed by atoms with Crippen molar-refractivity contribution in [2.24, 2.45) is 7.05 Å². The van der Waals surface area contributed by atoms with Crippen LogP contribution in [0.25, 0.3) is 28.0 Å². The summed E-state index contributed by atoms with van der Waals surface area (Å²) in [4.78, 5) is 18.7. The van der Waals surface area contributed by atoms with Crippen molar-refractivity contribution in [2.75, 3.05) is 0 Å². The average Bonchev–Trinajstić information content (AvgIpc) is 3.57. The van der Waals surface area contributed by atoms with Crippen molar-refractivity contribution in [3.63, 3.8) is 0 Å². The van der Waals surface area contributed by atoms with E-state index in [2.05, 4.69) is 30.9 Å². The highest BCUT2D eigenvalue weighted by molar-refractivity contribution is 5.90. The van der Waals surface area contributed by atoms with Gasteiger partial charge in [-0.3, -0.25) is 9.48 Å². The van der Waals surface area contributed by atoms with Crippen LogP contribution in [0.3, 0.4) is 0 Å². The van der Waals surface area contributed by atoms with Crippen LogP contribution in [0.2, 0.25) is 0 Å². The zero-order valence-electron chi connectivity index (χ0n) is 19.3. The molecule has 5 aromatic rings. The SMILES string of the molecule is Cn1cc(-c2cn3nccc3c(-c3ccc(CNC(=O)c4nnn(C(C)(C)C)n4)cc3)n2)cn1. The lowest BCUT2D eigenvalue weighted by molar-refractivity contribution is 0.0939. The van der Waals surface area contributed by atoms with E-state index in [0.717, 1.165) is 33.6 Å². The van der Waals surface area contributed by atoms with E-state index in [-0.39, 0.29) is 17.3 Å². The molecule has 172 valence electrons. The minimum Gasteiger partial charge on any atom is -0.345 e. The van der Waals surface area contributed by atoms with E-state index in [1.807, 2.05) is 75.1 Å². The molecular weight excluding hydrogens is 432 g/mol. The number of rotatable bonds is 5. The maximum atomic E-state index is 12.4. The molecule has 1 amide bonds. The van der Waals surface area contributed by atoms with Gasteiger partial charge in [-0.1, -0.05) is 24.3 Å². The molecule has 0 unspecified atom stereocenters. The predicted octanol–water partition coefficient (Wildman–Crippen LogP) is 2.47. The molecule has 5 rings (SSSR count). The fourth-order valence-corrected chi connectivity index (χ4v) is 3.46. The van der Waals surface area contributed by atoms with E-state index in [1.54, 1.807) is 17.1 Å². The van der Waals surface area contributed by atoms with Gasteiger partial charge < -0.3 is 5.32 Å². The number of carbonyl (C=O) groups is 1. The van der Waals surface area contributed by atoms with Gasteiger partial charge in [-0.15, -0.1) is 10.2 Å². The first-order valence-electron chi connectivity index (χ1n) is 10.8. The summed E-state index contributed by atoms with van der Waals surface area (Å²) >= 11 is 0. The summed E-state index contributed by atoms with van der Waals surface area (Å²) in [5.41, 5.74) is 4.96. The van der Waals surface area contributed by atoms with E-state index >= 15 is 0 Å². The van der Waals surface area contributed by atoms with Gasteiger partial charge in [0.05, 0.1) is 41.0 Å². The number of hydrogen-bond acceptors (Lipinski definition) is 7. The summed E-state index contributed by atoms with van der Waals surface area (Å²) < 4.78 is 3.56. The maximum Gasteiger partial charge on any atom is 0.293 e. The summed E-state index contributed by atoms with van der Waals surface area (Å²) in [6.45, 7) is 6.17. The molecule has 4 aromatic heterocycles. The Bertz CT molecular complexity index is 1470. The van der Waals surface area contributed by atoms with Crippen LogP contribution in [-0.4, -0.2) is 50.5 Å². The summed E-state index contributed by atoms with van der Waals surface area (Å²) in [7, 11) is 1.87. The smallest absolute Gasteiger partial charge is 0.293 e. The van der Waals surface area contributed by atoms with Crippen molar-refractivity contribution in [3.05, 3.63) is 66.5 Å². The summed E-state index contributed by atoms with van der Waals surface area (Å²) in [6, 6.07) is 9.82. The van der Waals surface area contributed by atoms with Crippen LogP contribution < -0.4 is 5.32 Å². The van der Waals surface area contributed by atoms with Gasteiger partial charge in [-0.25, -0.2) is 9.50 Å². The lowest BCUT2D eigenvalue weighted by Gasteiger charge is -2.15. The minimum absolute atomic E-state index is 0.0473. The summed E-state index contributed by atoms with van der Waals surface area (Å²) in [6.07, 6.45) is 7.34. The molecule has 0 saturated heterocycles. The van der Waals surface area contributed by atoms with Crippen LogP contribution in [0.15, 0.2) is 55.1 Å². The zero-order valence-corrected chi connectivity index (χ0v) is 19.3. The second-order valence-corrected chi connectivity index (χ2v) is 8.99. The topological polar surface area (TPSA) is 121 Å². The Morgan fingerprint density at radius 3 is 2.50 bits per heavy atom. The standard InChI is InChI=1S/C23H24N10O/c1-23(2,3)33-29-21(28-30-33)22(34)24-11-15-5-7-16(8-6-15)20-19-9-10-25-32(19)14-18(27-20)17-12-26-31(4)13-17/h5-10,12-14H,11H2,1-4H3,(H,24,34). The monoisotopic (exact) mass is 456 g/mol. The Labute approximate surface area is 195 Å². The number of tetrazole rings is 1. The Hall–Kier alpha value is -4.41. The number of nitrogens with zero attached hydrogens (tertiary/aromatic N) is 9. The van der Waals surface area contributed by atoms with E-state index in [4.69, 9.17) is 4.98 Å². The fourth-order valence-electron chi connectivity index (χ4n) is 3.46. The quantitative estimate of drug-likeness (QED) is 0.431. The molecule has 1 N–H and O–H groups in total. The molecule has 0 aliphatic rings. The van der Waals surface area contributed by atoms with Crippen molar-refractivity contribution in [3.8, 4) is 22.5 Å². The molecule has 0 saturated carbocycles. The molecule has 0 spiro atoms. The fraction of sp³-hybridized carbons (Fsp3) is 0.261. The molecule has 0 radical (unpaired) electrons. The van der Waals surface area contributed by atoms with Crippen molar-refractivity contribution in [1.82, 2.24) is 49.9 Å². The molecule has 0 aliphatic carbocycles. The summed E-state index contributed by atoms with van der Waals surface area (Å²) in [5, 5.41) is 23.5. The average molecular weight is 457 g/mol. The minimum atomic E-state index is -0.369. The van der Waals surface area contributed by atoms with Gasteiger partial charge in [0.1, 0.15) is 0 Å². The Balaban J connectivity index is 1.35. The number of carbonyl (C=O) groups excluding carboxylic acids is 1. The van der Waals surface area contributed by atoms with Crippen molar-refractivity contribution in [1.29, 1.82) is 0 Å². The van der Waals surface area contributed by atoms with Crippen LogP contribution in [0.1, 0.15) is 37.0 Å². The van der Waals surface area contributed by atoms with E-state index < -0.39 is 0 Å². The molecule has 0 atom stereocenters. The number of fused-ring (bicyclic) bond motifs is 1. The number of nitrogens with one attached hydrogen (secondary N) is 1. The Morgan fingerprint density at radius 1 is 1.03 bits per heavy atom. The van der Waals surface area contributed by atoms with Gasteiger partial charge in [0, 0.05) is 30.9 Å². The van der Waals surface area contributed by atoms with Gasteiger partial charge in [0.25, 0.3) is 11.7 Å². The van der Waals surface area contributed by atoms with Crippen molar-refractivity contribution in [2.45, 2.75) is 32.9 Å². The van der Waals surface area contributed by atoms with E-state index in [9.17, 15) is 4.79 Å². The predicted molar refractivity (Wildman–Crippen MR) is 125 cm³/mol. The molecule has 11 nitrogen and oxygen atoms in total. The molecule has 0 aliphatic heterocycles. The highest BCUT2D eigenvalue weighted by atomic mass is 16.2. The highest BCUT2D eigenvalue weighted by Crippen LogP contribution is 2.27. The number of aryl methyl sites for hydroxylation is 1. The molecule has 0 bridgehead atoms. The third-order valence-electron chi connectivity index (χ3n) is 5.29. The lowest BCUT2D eigenvalue weighted by Crippen LogP contribution is -2.27. The van der Waals surface area contributed by atoms with Crippen LogP contribution in [0.5, 0.6) is 0 Å². The van der Waals surface area contributed by atoms with Gasteiger partial charge in [0.2, 0.25) is 0 Å². The number of amides is 1. The van der Waals surface area contributed by atoms with Gasteiger partial charge in [0.15, 0.2) is 0 Å². The third kappa shape index (κ3) is 4.15. The number of hydrogen-bond donors (Lipinski definition) is 1. The van der Waals surface area contributed by atoms with Crippen LogP contribution in [0, 0.1) is 0 Å². The molecule has 34 heavy (non-hydrogen) atoms. The third-order valence-corrected chi connectivity index (χ3v) is 5.29. The largest absolute Gasteiger partial charge is 0.345 e. The van der Waals surface area contributed by atoms with Gasteiger partial charge in [-0.2, -0.15) is 15.0 Å². The first-order chi connectivity index (χ1) is 16.3. The lowest BCUT2D eigenvalue weighted by atomic mass is 10.1. The van der Waals surface area contributed by atoms with Crippen LogP contribution in [0.4, 0.5) is 0 Å². The van der Waals surface area contributed by atoms with Gasteiger partial charge in [-0.05, 0) is 37.6 Å². The Kier molecular flexibility index (Phi) is 5.16. The zero-order chi connectivity index (χ0) is 23.9. The maximum absolute atomic E-state index is 12.4. The van der Waals surface area contributed by atoms with Crippen molar-refractivity contribution < 1.29 is 4.79 Å². The molecule has 4 heterocycles. The normalized spacial score (nSPS) is 11.8. The molecule has 11 heteroatoms. The number of aromatic nitrogens is 9. The van der Waals surface area contributed by atoms with Crippen LogP contribution in [-0.2, 0) is 19.1 Å². The second kappa shape index (κ2) is 8.18. The number of benzene rings is 1. The Morgan fingerprint density at radius 2 is 1.82 bits per heavy atom. The first-order valence-corrected chi connectivity index (χ1v) is 10.8. The molecular formula is C23H24N10O. The van der Waals surface area contributed by atoms with E-state index in [0.29, 0.717) is 6.54 Å². The molecule has 1 aromatic carbocycles. The second-order valence-electron chi connectivity index (χ2n) is 8.99. The highest BCUT2D eigenvalue weighted by Gasteiger charge is 2.20. The summed E-state index contributed by atoms with van der Waals surface area (Å²) in [5.74, 6) is -0.322.